The van der Waals surface area contributed by atoms with Gasteiger partial charge in [0.25, 0.3) is 0 Å². The molecule has 1 spiro atoms. The fraction of sp³-hybridized carbons (Fsp3) is 0.680. The Bertz CT molecular complexity index is 718. The zero-order valence-electron chi connectivity index (χ0n) is 16.3. The highest BCUT2D eigenvalue weighted by Gasteiger charge is 2.62. The van der Waals surface area contributed by atoms with E-state index in [9.17, 15) is 0 Å². The summed E-state index contributed by atoms with van der Waals surface area (Å²) in [7, 11) is 0. The van der Waals surface area contributed by atoms with Crippen LogP contribution >= 0.6 is 0 Å². The third-order valence-electron chi connectivity index (χ3n) is 9.54. The zero-order chi connectivity index (χ0) is 17.4. The van der Waals surface area contributed by atoms with Crippen LogP contribution in [0.4, 0.5) is 0 Å². The molecule has 0 aromatic heterocycles. The van der Waals surface area contributed by atoms with Gasteiger partial charge in [0, 0.05) is 5.41 Å². The summed E-state index contributed by atoms with van der Waals surface area (Å²) in [6.45, 7) is 13.8. The minimum atomic E-state index is 0.348. The molecule has 134 valence electrons. The summed E-state index contributed by atoms with van der Waals surface area (Å²) < 4.78 is 0. The molecule has 5 aliphatic carbocycles. The summed E-state index contributed by atoms with van der Waals surface area (Å²) in [5.41, 5.74) is 7.86. The molecule has 5 aliphatic rings. The fourth-order valence-corrected chi connectivity index (χ4v) is 7.93. The highest BCUT2D eigenvalue weighted by atomic mass is 14.7. The summed E-state index contributed by atoms with van der Waals surface area (Å²) in [5.74, 6) is 1.77. The quantitative estimate of drug-likeness (QED) is 0.412. The van der Waals surface area contributed by atoms with E-state index in [1.807, 2.05) is 5.57 Å². The van der Waals surface area contributed by atoms with E-state index in [2.05, 4.69) is 39.2 Å². The van der Waals surface area contributed by atoms with Crippen molar-refractivity contribution in [1.29, 1.82) is 0 Å². The third-order valence-corrected chi connectivity index (χ3v) is 9.54. The second-order valence-electron chi connectivity index (χ2n) is 10.4. The lowest BCUT2D eigenvalue weighted by molar-refractivity contribution is 0.0211. The van der Waals surface area contributed by atoms with E-state index in [1.54, 1.807) is 5.57 Å². The fourth-order valence-electron chi connectivity index (χ4n) is 7.93. The molecule has 3 fully saturated rings. The Morgan fingerprint density at radius 3 is 2.60 bits per heavy atom. The average Bonchev–Trinajstić information content (AvgIpc) is 3.10. The SMILES string of the molecule is C=C1C=C2CCC3C(=CCC4(C)C3CC[C@@]43CCC(=C)C3)C2(C)CC1. The van der Waals surface area contributed by atoms with Crippen molar-refractivity contribution >= 4 is 0 Å². The van der Waals surface area contributed by atoms with E-state index in [4.69, 9.17) is 0 Å². The van der Waals surface area contributed by atoms with Crippen LogP contribution in [0.25, 0.3) is 0 Å². The first kappa shape index (κ1) is 16.2. The Morgan fingerprint density at radius 2 is 1.84 bits per heavy atom. The van der Waals surface area contributed by atoms with E-state index < -0.39 is 0 Å². The van der Waals surface area contributed by atoms with Crippen LogP contribution in [-0.4, -0.2) is 0 Å². The Labute approximate surface area is 154 Å². The minimum Gasteiger partial charge on any atom is -0.0998 e. The molecule has 0 bridgehead atoms. The van der Waals surface area contributed by atoms with Crippen molar-refractivity contribution < 1.29 is 0 Å². The van der Waals surface area contributed by atoms with Gasteiger partial charge in [-0.25, -0.2) is 0 Å². The van der Waals surface area contributed by atoms with Crippen molar-refractivity contribution in [2.75, 3.05) is 0 Å². The van der Waals surface area contributed by atoms with E-state index in [-0.39, 0.29) is 0 Å². The topological polar surface area (TPSA) is 0 Å². The molecule has 3 saturated carbocycles. The first-order valence-electron chi connectivity index (χ1n) is 10.6. The van der Waals surface area contributed by atoms with Crippen molar-refractivity contribution in [2.24, 2.45) is 28.1 Å². The average molecular weight is 335 g/mol. The van der Waals surface area contributed by atoms with Crippen LogP contribution in [0.15, 0.2) is 47.6 Å². The summed E-state index contributed by atoms with van der Waals surface area (Å²) in [6.07, 6.45) is 18.6. The van der Waals surface area contributed by atoms with Crippen molar-refractivity contribution in [3.05, 3.63) is 47.6 Å². The molecule has 0 heteroatoms. The van der Waals surface area contributed by atoms with Crippen LogP contribution in [0.2, 0.25) is 0 Å². The predicted molar refractivity (Wildman–Crippen MR) is 106 cm³/mol. The molecule has 0 heterocycles. The maximum Gasteiger partial charge on any atom is 0.0101 e. The van der Waals surface area contributed by atoms with Gasteiger partial charge in [-0.15, -0.1) is 0 Å². The second-order valence-corrected chi connectivity index (χ2v) is 10.4. The number of hydrogen-bond acceptors (Lipinski definition) is 0. The highest BCUT2D eigenvalue weighted by molar-refractivity contribution is 5.43. The maximum absolute atomic E-state index is 4.36. The van der Waals surface area contributed by atoms with Gasteiger partial charge < -0.3 is 0 Å². The summed E-state index contributed by atoms with van der Waals surface area (Å²) >= 11 is 0. The first-order chi connectivity index (χ1) is 11.9. The van der Waals surface area contributed by atoms with Gasteiger partial charge in [0.05, 0.1) is 0 Å². The van der Waals surface area contributed by atoms with Gasteiger partial charge in [-0.05, 0) is 86.9 Å². The summed E-state index contributed by atoms with van der Waals surface area (Å²) in [6, 6.07) is 0. The number of allylic oxidation sites excluding steroid dienone is 6. The van der Waals surface area contributed by atoms with Crippen molar-refractivity contribution in [2.45, 2.75) is 78.1 Å². The molecule has 0 nitrogen and oxygen atoms in total. The van der Waals surface area contributed by atoms with Crippen LogP contribution in [0, 0.1) is 28.1 Å². The van der Waals surface area contributed by atoms with Gasteiger partial charge >= 0.3 is 0 Å². The van der Waals surface area contributed by atoms with E-state index in [0.29, 0.717) is 16.2 Å². The molecule has 0 N–H and O–H groups in total. The third kappa shape index (κ3) is 1.95. The lowest BCUT2D eigenvalue weighted by atomic mass is 9.49. The number of rotatable bonds is 0. The Morgan fingerprint density at radius 1 is 1.00 bits per heavy atom. The number of hydrogen-bond donors (Lipinski definition) is 0. The Hall–Kier alpha value is -1.04. The Balaban J connectivity index is 1.55. The molecule has 0 amide bonds. The zero-order valence-corrected chi connectivity index (χ0v) is 16.3. The predicted octanol–water partition coefficient (Wildman–Crippen LogP) is 7.15. The van der Waals surface area contributed by atoms with E-state index in [0.717, 1.165) is 11.8 Å². The normalized spacial score (nSPS) is 48.7. The molecule has 0 radical (unpaired) electrons. The summed E-state index contributed by atoms with van der Waals surface area (Å²) in [5, 5.41) is 0. The van der Waals surface area contributed by atoms with E-state index >= 15 is 0 Å². The van der Waals surface area contributed by atoms with Crippen molar-refractivity contribution in [3.63, 3.8) is 0 Å². The molecular weight excluding hydrogens is 300 g/mol. The van der Waals surface area contributed by atoms with Crippen LogP contribution in [0.5, 0.6) is 0 Å². The van der Waals surface area contributed by atoms with Crippen LogP contribution in [0.3, 0.4) is 0 Å². The van der Waals surface area contributed by atoms with Crippen LogP contribution in [-0.2, 0) is 0 Å². The molecule has 0 aromatic rings. The van der Waals surface area contributed by atoms with Crippen molar-refractivity contribution in [1.82, 2.24) is 0 Å². The lowest BCUT2D eigenvalue weighted by Crippen LogP contribution is -2.46. The molecule has 25 heavy (non-hydrogen) atoms. The number of fused-ring (bicyclic) bond motifs is 6. The lowest BCUT2D eigenvalue weighted by Gasteiger charge is -2.56. The molecular formula is C25H34. The van der Waals surface area contributed by atoms with Gasteiger partial charge in [-0.1, -0.05) is 61.4 Å². The standard InChI is InChI=1S/C25H34/c1-17-7-11-23(3)19(15-17)5-6-20-21(23)9-12-24(4)22(20)10-14-25(24)13-8-18(2)16-25/h9,15,20,22H,1-2,5-8,10-14,16H2,3-4H3/t20?,22?,23?,24?,25-/m1/s1. The van der Waals surface area contributed by atoms with Gasteiger partial charge in [-0.2, -0.15) is 0 Å². The maximum atomic E-state index is 4.36. The highest BCUT2D eigenvalue weighted by Crippen LogP contribution is 2.72. The molecule has 0 aromatic carbocycles. The van der Waals surface area contributed by atoms with Crippen LogP contribution in [0.1, 0.15) is 78.1 Å². The molecule has 0 aliphatic heterocycles. The van der Waals surface area contributed by atoms with E-state index in [1.165, 1.54) is 75.4 Å². The smallest absolute Gasteiger partial charge is 0.0101 e. The minimum absolute atomic E-state index is 0.348. The largest absolute Gasteiger partial charge is 0.0998 e. The second kappa shape index (κ2) is 5.02. The monoisotopic (exact) mass is 334 g/mol. The molecule has 5 atom stereocenters. The Kier molecular flexibility index (Phi) is 3.24. The molecule has 0 saturated heterocycles. The first-order valence-corrected chi connectivity index (χ1v) is 10.6. The summed E-state index contributed by atoms with van der Waals surface area (Å²) in [4.78, 5) is 0. The molecule has 4 unspecified atom stereocenters. The van der Waals surface area contributed by atoms with Crippen molar-refractivity contribution in [3.8, 4) is 0 Å². The van der Waals surface area contributed by atoms with Crippen LogP contribution < -0.4 is 0 Å². The molecule has 5 rings (SSSR count). The van der Waals surface area contributed by atoms with Gasteiger partial charge in [0.1, 0.15) is 0 Å². The van der Waals surface area contributed by atoms with Gasteiger partial charge in [0.15, 0.2) is 0 Å². The van der Waals surface area contributed by atoms with Gasteiger partial charge in [0.2, 0.25) is 0 Å². The van der Waals surface area contributed by atoms with Gasteiger partial charge in [-0.3, -0.25) is 0 Å².